The summed E-state index contributed by atoms with van der Waals surface area (Å²) in [5, 5.41) is 7.07. The Balaban J connectivity index is 1.82. The molecule has 0 unspecified atom stereocenters. The van der Waals surface area contributed by atoms with Crippen molar-refractivity contribution in [2.45, 2.75) is 32.4 Å². The third-order valence-corrected chi connectivity index (χ3v) is 3.63. The summed E-state index contributed by atoms with van der Waals surface area (Å²) in [5.74, 6) is 0.312. The van der Waals surface area contributed by atoms with E-state index in [4.69, 9.17) is 11.6 Å². The van der Waals surface area contributed by atoms with Crippen LogP contribution >= 0.6 is 11.6 Å². The lowest BCUT2D eigenvalue weighted by Crippen LogP contribution is -2.42. The first-order chi connectivity index (χ1) is 8.65. The average molecular weight is 267 g/mol. The Kier molecular flexibility index (Phi) is 4.61. The molecule has 0 spiro atoms. The van der Waals surface area contributed by atoms with Crippen molar-refractivity contribution in [3.63, 3.8) is 0 Å². The Morgan fingerprint density at radius 2 is 2.17 bits per heavy atom. The Morgan fingerprint density at radius 1 is 1.44 bits per heavy atom. The van der Waals surface area contributed by atoms with E-state index in [1.54, 1.807) is 0 Å². The van der Waals surface area contributed by atoms with Gasteiger partial charge < -0.3 is 10.6 Å². The predicted octanol–water partition coefficient (Wildman–Crippen LogP) is 2.34. The zero-order valence-corrected chi connectivity index (χ0v) is 11.3. The molecule has 4 heteroatoms. The summed E-state index contributed by atoms with van der Waals surface area (Å²) in [6, 6.07) is 8.00. The van der Waals surface area contributed by atoms with Crippen LogP contribution in [0.2, 0.25) is 5.02 Å². The second kappa shape index (κ2) is 6.21. The molecule has 0 saturated carbocycles. The third-order valence-electron chi connectivity index (χ3n) is 3.37. The number of carbonyl (C=O) groups is 1. The van der Waals surface area contributed by atoms with Crippen LogP contribution in [0, 0.1) is 5.92 Å². The van der Waals surface area contributed by atoms with Crippen molar-refractivity contribution in [2.75, 3.05) is 6.54 Å². The van der Waals surface area contributed by atoms with Gasteiger partial charge in [-0.3, -0.25) is 4.79 Å². The van der Waals surface area contributed by atoms with Crippen molar-refractivity contribution in [2.24, 2.45) is 5.92 Å². The molecular formula is C14H19ClN2O. The van der Waals surface area contributed by atoms with Crippen LogP contribution in [0.25, 0.3) is 0 Å². The molecule has 2 rings (SSSR count). The number of carbonyl (C=O) groups excluding carboxylic acids is 1. The summed E-state index contributed by atoms with van der Waals surface area (Å²) in [5.41, 5.74) is 1.08. The first kappa shape index (κ1) is 13.4. The maximum absolute atomic E-state index is 12.0. The van der Waals surface area contributed by atoms with Crippen molar-refractivity contribution in [3.8, 4) is 0 Å². The standard InChI is InChI=1S/C14H19ClN2O/c1-10-8-12(6-7-16-10)14(18)17-9-11-2-4-13(15)5-3-11/h2-5,10,12,16H,6-9H2,1H3,(H,17,18)/t10-,12-/m0/s1. The molecular weight excluding hydrogens is 248 g/mol. The number of nitrogens with one attached hydrogen (secondary N) is 2. The van der Waals surface area contributed by atoms with E-state index >= 15 is 0 Å². The monoisotopic (exact) mass is 266 g/mol. The summed E-state index contributed by atoms with van der Waals surface area (Å²) in [4.78, 5) is 12.0. The van der Waals surface area contributed by atoms with Crippen LogP contribution in [-0.4, -0.2) is 18.5 Å². The zero-order valence-electron chi connectivity index (χ0n) is 10.6. The molecule has 0 aromatic heterocycles. The molecule has 0 radical (unpaired) electrons. The molecule has 2 atom stereocenters. The minimum Gasteiger partial charge on any atom is -0.352 e. The van der Waals surface area contributed by atoms with Crippen LogP contribution in [0.4, 0.5) is 0 Å². The summed E-state index contributed by atoms with van der Waals surface area (Å²) < 4.78 is 0. The van der Waals surface area contributed by atoms with Gasteiger partial charge in [-0.2, -0.15) is 0 Å². The summed E-state index contributed by atoms with van der Waals surface area (Å²) in [7, 11) is 0. The van der Waals surface area contributed by atoms with E-state index in [1.165, 1.54) is 0 Å². The fraction of sp³-hybridized carbons (Fsp3) is 0.500. The normalized spacial score (nSPS) is 23.7. The SMILES string of the molecule is C[C@H]1C[C@@H](C(=O)NCc2ccc(Cl)cc2)CCN1. The molecule has 1 saturated heterocycles. The molecule has 1 heterocycles. The van der Waals surface area contributed by atoms with Gasteiger partial charge in [-0.05, 0) is 44.0 Å². The second-order valence-electron chi connectivity index (χ2n) is 4.92. The first-order valence-electron chi connectivity index (χ1n) is 6.40. The lowest BCUT2D eigenvalue weighted by Gasteiger charge is -2.27. The fourth-order valence-corrected chi connectivity index (χ4v) is 2.43. The van der Waals surface area contributed by atoms with Gasteiger partial charge in [0.15, 0.2) is 0 Å². The van der Waals surface area contributed by atoms with Crippen LogP contribution < -0.4 is 10.6 Å². The third kappa shape index (κ3) is 3.72. The molecule has 3 nitrogen and oxygen atoms in total. The van der Waals surface area contributed by atoms with Crippen molar-refractivity contribution >= 4 is 17.5 Å². The second-order valence-corrected chi connectivity index (χ2v) is 5.36. The summed E-state index contributed by atoms with van der Waals surface area (Å²) >= 11 is 5.82. The van der Waals surface area contributed by atoms with Gasteiger partial charge in [-0.1, -0.05) is 23.7 Å². The van der Waals surface area contributed by atoms with E-state index in [0.717, 1.165) is 30.0 Å². The highest BCUT2D eigenvalue weighted by atomic mass is 35.5. The maximum Gasteiger partial charge on any atom is 0.223 e. The fourth-order valence-electron chi connectivity index (χ4n) is 2.31. The quantitative estimate of drug-likeness (QED) is 0.882. The summed E-state index contributed by atoms with van der Waals surface area (Å²) in [6.45, 7) is 3.63. The molecule has 1 aliphatic rings. The smallest absolute Gasteiger partial charge is 0.223 e. The highest BCUT2D eigenvalue weighted by Gasteiger charge is 2.24. The van der Waals surface area contributed by atoms with E-state index in [1.807, 2.05) is 24.3 Å². The van der Waals surface area contributed by atoms with E-state index in [0.29, 0.717) is 12.6 Å². The Hall–Kier alpha value is -1.06. The van der Waals surface area contributed by atoms with Crippen LogP contribution in [0.5, 0.6) is 0 Å². The number of halogens is 1. The van der Waals surface area contributed by atoms with Gasteiger partial charge in [0.25, 0.3) is 0 Å². The Morgan fingerprint density at radius 3 is 2.83 bits per heavy atom. The number of rotatable bonds is 3. The van der Waals surface area contributed by atoms with E-state index < -0.39 is 0 Å². The predicted molar refractivity (Wildman–Crippen MR) is 73.5 cm³/mol. The van der Waals surface area contributed by atoms with Gasteiger partial charge in [0.1, 0.15) is 0 Å². The van der Waals surface area contributed by atoms with E-state index in [-0.39, 0.29) is 11.8 Å². The Labute approximate surface area is 113 Å². The maximum atomic E-state index is 12.0. The lowest BCUT2D eigenvalue weighted by molar-refractivity contribution is -0.126. The summed E-state index contributed by atoms with van der Waals surface area (Å²) in [6.07, 6.45) is 1.85. The molecule has 1 amide bonds. The number of benzene rings is 1. The number of hydrogen-bond acceptors (Lipinski definition) is 2. The van der Waals surface area contributed by atoms with Gasteiger partial charge in [0, 0.05) is 23.5 Å². The van der Waals surface area contributed by atoms with Crippen molar-refractivity contribution in [1.29, 1.82) is 0 Å². The highest BCUT2D eigenvalue weighted by molar-refractivity contribution is 6.30. The Bertz CT molecular complexity index is 405. The molecule has 18 heavy (non-hydrogen) atoms. The highest BCUT2D eigenvalue weighted by Crippen LogP contribution is 2.16. The van der Waals surface area contributed by atoms with Gasteiger partial charge >= 0.3 is 0 Å². The molecule has 1 aromatic carbocycles. The lowest BCUT2D eigenvalue weighted by atomic mass is 9.92. The molecule has 2 N–H and O–H groups in total. The van der Waals surface area contributed by atoms with Crippen molar-refractivity contribution in [3.05, 3.63) is 34.9 Å². The first-order valence-corrected chi connectivity index (χ1v) is 6.78. The van der Waals surface area contributed by atoms with E-state index in [9.17, 15) is 4.79 Å². The molecule has 1 fully saturated rings. The van der Waals surface area contributed by atoms with Gasteiger partial charge in [-0.15, -0.1) is 0 Å². The average Bonchev–Trinajstić information content (AvgIpc) is 2.38. The number of piperidine rings is 1. The van der Waals surface area contributed by atoms with Crippen LogP contribution in [0.3, 0.4) is 0 Å². The largest absolute Gasteiger partial charge is 0.352 e. The van der Waals surface area contributed by atoms with Crippen molar-refractivity contribution in [1.82, 2.24) is 10.6 Å². The van der Waals surface area contributed by atoms with Gasteiger partial charge in [-0.25, -0.2) is 0 Å². The number of amides is 1. The molecule has 1 aliphatic heterocycles. The van der Waals surface area contributed by atoms with Gasteiger partial charge in [0.2, 0.25) is 5.91 Å². The van der Waals surface area contributed by atoms with Crippen LogP contribution in [0.15, 0.2) is 24.3 Å². The van der Waals surface area contributed by atoms with Gasteiger partial charge in [0.05, 0.1) is 0 Å². The minimum absolute atomic E-state index is 0.147. The van der Waals surface area contributed by atoms with Crippen molar-refractivity contribution < 1.29 is 4.79 Å². The number of hydrogen-bond donors (Lipinski definition) is 2. The zero-order chi connectivity index (χ0) is 13.0. The van der Waals surface area contributed by atoms with Crippen LogP contribution in [-0.2, 0) is 11.3 Å². The van der Waals surface area contributed by atoms with Crippen LogP contribution in [0.1, 0.15) is 25.3 Å². The molecule has 0 aliphatic carbocycles. The molecule has 0 bridgehead atoms. The molecule has 1 aromatic rings. The minimum atomic E-state index is 0.147. The molecule has 98 valence electrons. The van der Waals surface area contributed by atoms with E-state index in [2.05, 4.69) is 17.6 Å². The topological polar surface area (TPSA) is 41.1 Å².